The molecule has 26 heavy (non-hydrogen) atoms. The standard InChI is InChI=1S/C18H24F3N3O2/c1-12-9-14(16(25)22-2)11-24(10-12)17(26)23-8-7-13-5-3-4-6-15(13)18(19,20)21/h3-6,12,14H,7-11H2,1-2H3,(H,22,25)(H,23,26). The number of halogens is 3. The second-order valence-electron chi connectivity index (χ2n) is 6.69. The summed E-state index contributed by atoms with van der Waals surface area (Å²) in [5.41, 5.74) is -0.531. The van der Waals surface area contributed by atoms with E-state index in [1.807, 2.05) is 6.92 Å². The molecule has 2 unspecified atom stereocenters. The molecule has 3 amide bonds. The van der Waals surface area contributed by atoms with Crippen LogP contribution in [-0.4, -0.2) is 43.5 Å². The second kappa shape index (κ2) is 8.42. The largest absolute Gasteiger partial charge is 0.416 e. The molecule has 144 valence electrons. The first kappa shape index (κ1) is 20.1. The maximum atomic E-state index is 13.0. The molecular weight excluding hydrogens is 347 g/mol. The average Bonchev–Trinajstić information content (AvgIpc) is 2.60. The zero-order valence-corrected chi connectivity index (χ0v) is 14.9. The highest BCUT2D eigenvalue weighted by molar-refractivity contribution is 5.80. The molecule has 1 aliphatic rings. The predicted octanol–water partition coefficient (Wildman–Crippen LogP) is 2.66. The van der Waals surface area contributed by atoms with E-state index < -0.39 is 11.7 Å². The number of alkyl halides is 3. The number of likely N-dealkylation sites (tertiary alicyclic amines) is 1. The molecule has 0 spiro atoms. The molecule has 0 aromatic heterocycles. The van der Waals surface area contributed by atoms with Gasteiger partial charge in [0, 0.05) is 26.7 Å². The molecule has 1 saturated heterocycles. The fourth-order valence-electron chi connectivity index (χ4n) is 3.34. The summed E-state index contributed by atoms with van der Waals surface area (Å²) >= 11 is 0. The van der Waals surface area contributed by atoms with E-state index in [1.165, 1.54) is 12.1 Å². The third-order valence-electron chi connectivity index (χ3n) is 4.56. The van der Waals surface area contributed by atoms with Gasteiger partial charge in [0.15, 0.2) is 0 Å². The van der Waals surface area contributed by atoms with Crippen LogP contribution in [0, 0.1) is 11.8 Å². The van der Waals surface area contributed by atoms with Crippen LogP contribution >= 0.6 is 0 Å². The van der Waals surface area contributed by atoms with Crippen molar-refractivity contribution in [1.29, 1.82) is 0 Å². The Labute approximate surface area is 150 Å². The zero-order valence-electron chi connectivity index (χ0n) is 14.9. The fourth-order valence-corrected chi connectivity index (χ4v) is 3.34. The normalized spacial score (nSPS) is 20.6. The lowest BCUT2D eigenvalue weighted by atomic mass is 9.90. The number of carbonyl (C=O) groups is 2. The van der Waals surface area contributed by atoms with Crippen LogP contribution in [0.4, 0.5) is 18.0 Å². The number of hydrogen-bond donors (Lipinski definition) is 2. The van der Waals surface area contributed by atoms with Gasteiger partial charge in [-0.05, 0) is 30.4 Å². The Morgan fingerprint density at radius 1 is 1.23 bits per heavy atom. The molecule has 8 heteroatoms. The van der Waals surface area contributed by atoms with E-state index in [4.69, 9.17) is 0 Å². The molecule has 0 saturated carbocycles. The third-order valence-corrected chi connectivity index (χ3v) is 4.56. The van der Waals surface area contributed by atoms with E-state index >= 15 is 0 Å². The van der Waals surface area contributed by atoms with Crippen LogP contribution in [0.1, 0.15) is 24.5 Å². The van der Waals surface area contributed by atoms with Gasteiger partial charge in [-0.1, -0.05) is 25.1 Å². The molecule has 1 aromatic rings. The lowest BCUT2D eigenvalue weighted by molar-refractivity contribution is -0.138. The Balaban J connectivity index is 1.92. The molecule has 0 radical (unpaired) electrons. The van der Waals surface area contributed by atoms with Gasteiger partial charge >= 0.3 is 12.2 Å². The van der Waals surface area contributed by atoms with Crippen LogP contribution in [-0.2, 0) is 17.4 Å². The molecular formula is C18H24F3N3O2. The van der Waals surface area contributed by atoms with Crippen molar-refractivity contribution >= 4 is 11.9 Å². The van der Waals surface area contributed by atoms with Crippen molar-refractivity contribution in [3.05, 3.63) is 35.4 Å². The Hall–Kier alpha value is -2.25. The number of amides is 3. The topological polar surface area (TPSA) is 61.4 Å². The van der Waals surface area contributed by atoms with Gasteiger partial charge in [-0.15, -0.1) is 0 Å². The SMILES string of the molecule is CNC(=O)C1CC(C)CN(C(=O)NCCc2ccccc2C(F)(F)F)C1. The first-order valence-corrected chi connectivity index (χ1v) is 8.61. The summed E-state index contributed by atoms with van der Waals surface area (Å²) < 4.78 is 39.0. The average molecular weight is 371 g/mol. The summed E-state index contributed by atoms with van der Waals surface area (Å²) in [6.07, 6.45) is -3.62. The highest BCUT2D eigenvalue weighted by atomic mass is 19.4. The third kappa shape index (κ3) is 5.12. The van der Waals surface area contributed by atoms with Gasteiger partial charge in [-0.2, -0.15) is 13.2 Å². The lowest BCUT2D eigenvalue weighted by Crippen LogP contribution is -2.51. The van der Waals surface area contributed by atoms with E-state index in [2.05, 4.69) is 10.6 Å². The Morgan fingerprint density at radius 2 is 1.92 bits per heavy atom. The number of urea groups is 1. The molecule has 1 aliphatic heterocycles. The van der Waals surface area contributed by atoms with E-state index in [1.54, 1.807) is 18.0 Å². The smallest absolute Gasteiger partial charge is 0.359 e. The van der Waals surface area contributed by atoms with Crippen LogP contribution in [0.25, 0.3) is 0 Å². The number of piperidine rings is 1. The molecule has 2 atom stereocenters. The molecule has 1 fully saturated rings. The number of benzene rings is 1. The number of hydrogen-bond acceptors (Lipinski definition) is 2. The molecule has 2 rings (SSSR count). The van der Waals surface area contributed by atoms with Crippen LogP contribution in [0.5, 0.6) is 0 Å². The minimum atomic E-state index is -4.41. The van der Waals surface area contributed by atoms with Gasteiger partial charge in [-0.25, -0.2) is 4.79 Å². The quantitative estimate of drug-likeness (QED) is 0.855. The van der Waals surface area contributed by atoms with Gasteiger partial charge in [-0.3, -0.25) is 4.79 Å². The Kier molecular flexibility index (Phi) is 6.50. The van der Waals surface area contributed by atoms with Crippen molar-refractivity contribution in [2.75, 3.05) is 26.7 Å². The maximum absolute atomic E-state index is 13.0. The van der Waals surface area contributed by atoms with Crippen molar-refractivity contribution in [3.8, 4) is 0 Å². The van der Waals surface area contributed by atoms with E-state index in [-0.39, 0.29) is 42.3 Å². The lowest BCUT2D eigenvalue weighted by Gasteiger charge is -2.35. The van der Waals surface area contributed by atoms with Crippen molar-refractivity contribution in [1.82, 2.24) is 15.5 Å². The first-order valence-electron chi connectivity index (χ1n) is 8.61. The van der Waals surface area contributed by atoms with E-state index in [0.29, 0.717) is 19.5 Å². The van der Waals surface area contributed by atoms with Crippen molar-refractivity contribution in [2.45, 2.75) is 25.9 Å². The summed E-state index contributed by atoms with van der Waals surface area (Å²) in [6, 6.07) is 5.00. The molecule has 2 N–H and O–H groups in total. The Bertz CT molecular complexity index is 649. The van der Waals surface area contributed by atoms with E-state index in [0.717, 1.165) is 6.07 Å². The fraction of sp³-hybridized carbons (Fsp3) is 0.556. The molecule has 0 bridgehead atoms. The van der Waals surface area contributed by atoms with Crippen LogP contribution in [0.15, 0.2) is 24.3 Å². The van der Waals surface area contributed by atoms with Crippen LogP contribution in [0.2, 0.25) is 0 Å². The van der Waals surface area contributed by atoms with Crippen molar-refractivity contribution in [2.24, 2.45) is 11.8 Å². The molecule has 0 aliphatic carbocycles. The monoisotopic (exact) mass is 371 g/mol. The van der Waals surface area contributed by atoms with Gasteiger partial charge in [0.2, 0.25) is 5.91 Å². The van der Waals surface area contributed by atoms with E-state index in [9.17, 15) is 22.8 Å². The molecule has 5 nitrogen and oxygen atoms in total. The summed E-state index contributed by atoms with van der Waals surface area (Å²) in [4.78, 5) is 25.7. The molecule has 1 aromatic carbocycles. The van der Waals surface area contributed by atoms with Crippen LogP contribution < -0.4 is 10.6 Å². The van der Waals surface area contributed by atoms with Crippen LogP contribution in [0.3, 0.4) is 0 Å². The predicted molar refractivity (Wildman–Crippen MR) is 91.5 cm³/mol. The highest BCUT2D eigenvalue weighted by Crippen LogP contribution is 2.31. The first-order chi connectivity index (χ1) is 12.2. The van der Waals surface area contributed by atoms with Crippen molar-refractivity contribution < 1.29 is 22.8 Å². The zero-order chi connectivity index (χ0) is 19.3. The number of nitrogens with one attached hydrogen (secondary N) is 2. The van der Waals surface area contributed by atoms with Gasteiger partial charge < -0.3 is 15.5 Å². The maximum Gasteiger partial charge on any atom is 0.416 e. The number of nitrogens with zero attached hydrogens (tertiary/aromatic N) is 1. The van der Waals surface area contributed by atoms with Crippen molar-refractivity contribution in [3.63, 3.8) is 0 Å². The number of carbonyl (C=O) groups excluding carboxylic acids is 2. The summed E-state index contributed by atoms with van der Waals surface area (Å²) in [6.45, 7) is 2.91. The summed E-state index contributed by atoms with van der Waals surface area (Å²) in [7, 11) is 1.56. The second-order valence-corrected chi connectivity index (χ2v) is 6.69. The minimum Gasteiger partial charge on any atom is -0.359 e. The van der Waals surface area contributed by atoms with Gasteiger partial charge in [0.25, 0.3) is 0 Å². The summed E-state index contributed by atoms with van der Waals surface area (Å²) in [5, 5.41) is 5.26. The number of rotatable bonds is 4. The Morgan fingerprint density at radius 3 is 2.58 bits per heavy atom. The molecule has 1 heterocycles. The summed E-state index contributed by atoms with van der Waals surface area (Å²) in [5.74, 6) is -0.184. The minimum absolute atomic E-state index is 0.0870. The van der Waals surface area contributed by atoms with Gasteiger partial charge in [0.05, 0.1) is 11.5 Å². The van der Waals surface area contributed by atoms with Gasteiger partial charge in [0.1, 0.15) is 0 Å². The highest BCUT2D eigenvalue weighted by Gasteiger charge is 2.33.